The summed E-state index contributed by atoms with van der Waals surface area (Å²) in [6, 6.07) is 21.3. The van der Waals surface area contributed by atoms with Gasteiger partial charge in [0.2, 0.25) is 11.9 Å². The fraction of sp³-hybridized carbons (Fsp3) is 0.233. The molecule has 2 amide bonds. The van der Waals surface area contributed by atoms with Crippen LogP contribution in [0.3, 0.4) is 0 Å². The molecule has 2 fully saturated rings. The van der Waals surface area contributed by atoms with Gasteiger partial charge in [0, 0.05) is 73.3 Å². The molecule has 1 aliphatic heterocycles. The first-order chi connectivity index (χ1) is 19.1. The lowest BCUT2D eigenvalue weighted by Gasteiger charge is -2.36. The maximum Gasteiger partial charge on any atom is 0.255 e. The van der Waals surface area contributed by atoms with E-state index in [0.29, 0.717) is 24.6 Å². The number of hydrogen-bond acceptors (Lipinski definition) is 7. The molecule has 196 valence electrons. The third-order valence-electron chi connectivity index (χ3n) is 7.02. The summed E-state index contributed by atoms with van der Waals surface area (Å²) in [6.07, 6.45) is 6.99. The second-order valence-corrected chi connectivity index (χ2v) is 9.80. The number of anilines is 4. The molecule has 2 aromatic carbocycles. The molecule has 6 rings (SSSR count). The lowest BCUT2D eigenvalue weighted by atomic mass is 10.1. The molecule has 2 aromatic heterocycles. The number of carbonyl (C=O) groups excluding carboxylic acids is 2. The SMILES string of the molecule is O=C(Nc1ccc(-c2ccnc(Nc3ccc(N4CCN(C(=O)c5cccnc5)CC4)cc3)n2)cc1)C1CC1. The van der Waals surface area contributed by atoms with E-state index in [0.717, 1.165) is 54.3 Å². The van der Waals surface area contributed by atoms with E-state index in [1.807, 2.05) is 47.4 Å². The largest absolute Gasteiger partial charge is 0.368 e. The minimum absolute atomic E-state index is 0.0285. The van der Waals surface area contributed by atoms with E-state index in [-0.39, 0.29) is 17.7 Å². The number of nitrogens with zero attached hydrogens (tertiary/aromatic N) is 5. The maximum atomic E-state index is 12.7. The van der Waals surface area contributed by atoms with Crippen LogP contribution in [0.1, 0.15) is 23.2 Å². The van der Waals surface area contributed by atoms with Crippen molar-refractivity contribution in [1.29, 1.82) is 0 Å². The maximum absolute atomic E-state index is 12.7. The second-order valence-electron chi connectivity index (χ2n) is 9.80. The summed E-state index contributed by atoms with van der Waals surface area (Å²) < 4.78 is 0. The second kappa shape index (κ2) is 10.9. The minimum atomic E-state index is 0.0285. The molecule has 0 radical (unpaired) electrons. The quantitative estimate of drug-likeness (QED) is 0.368. The van der Waals surface area contributed by atoms with Gasteiger partial charge in [-0.3, -0.25) is 14.6 Å². The van der Waals surface area contributed by atoms with Crippen molar-refractivity contribution >= 4 is 34.8 Å². The molecular formula is C30H29N7O2. The van der Waals surface area contributed by atoms with Gasteiger partial charge >= 0.3 is 0 Å². The first-order valence-electron chi connectivity index (χ1n) is 13.2. The highest BCUT2D eigenvalue weighted by Gasteiger charge is 2.29. The lowest BCUT2D eigenvalue weighted by Crippen LogP contribution is -2.48. The van der Waals surface area contributed by atoms with Crippen LogP contribution < -0.4 is 15.5 Å². The number of amides is 2. The topological polar surface area (TPSA) is 103 Å². The Morgan fingerprint density at radius 3 is 2.26 bits per heavy atom. The zero-order valence-electron chi connectivity index (χ0n) is 21.5. The number of pyridine rings is 1. The Labute approximate surface area is 226 Å². The normalized spacial score (nSPS) is 15.1. The van der Waals surface area contributed by atoms with Gasteiger partial charge in [0.1, 0.15) is 0 Å². The highest BCUT2D eigenvalue weighted by atomic mass is 16.2. The Bertz CT molecular complexity index is 1450. The zero-order chi connectivity index (χ0) is 26.6. The van der Waals surface area contributed by atoms with Crippen LogP contribution in [0.15, 0.2) is 85.3 Å². The van der Waals surface area contributed by atoms with Gasteiger partial charge in [-0.2, -0.15) is 0 Å². The first-order valence-corrected chi connectivity index (χ1v) is 13.2. The number of carbonyl (C=O) groups is 2. The van der Waals surface area contributed by atoms with Gasteiger partial charge in [0.15, 0.2) is 0 Å². The van der Waals surface area contributed by atoms with Gasteiger partial charge in [-0.25, -0.2) is 9.97 Å². The van der Waals surface area contributed by atoms with Gasteiger partial charge in [-0.1, -0.05) is 12.1 Å². The number of aromatic nitrogens is 3. The Morgan fingerprint density at radius 2 is 1.56 bits per heavy atom. The molecule has 4 aromatic rings. The van der Waals surface area contributed by atoms with Crippen LogP contribution >= 0.6 is 0 Å². The molecule has 39 heavy (non-hydrogen) atoms. The predicted octanol–water partition coefficient (Wildman–Crippen LogP) is 4.59. The van der Waals surface area contributed by atoms with Crippen molar-refractivity contribution in [2.45, 2.75) is 12.8 Å². The van der Waals surface area contributed by atoms with E-state index in [9.17, 15) is 9.59 Å². The van der Waals surface area contributed by atoms with E-state index in [4.69, 9.17) is 0 Å². The lowest BCUT2D eigenvalue weighted by molar-refractivity contribution is -0.117. The van der Waals surface area contributed by atoms with Gasteiger partial charge in [-0.05, 0) is 67.4 Å². The summed E-state index contributed by atoms with van der Waals surface area (Å²) >= 11 is 0. The van der Waals surface area contributed by atoms with Crippen molar-refractivity contribution < 1.29 is 9.59 Å². The third kappa shape index (κ3) is 5.87. The van der Waals surface area contributed by atoms with Gasteiger partial charge < -0.3 is 20.4 Å². The summed E-state index contributed by atoms with van der Waals surface area (Å²) in [4.78, 5) is 41.9. The first kappa shape index (κ1) is 24.5. The summed E-state index contributed by atoms with van der Waals surface area (Å²) in [5.41, 5.74) is 5.16. The molecule has 0 unspecified atom stereocenters. The molecule has 0 bridgehead atoms. The van der Waals surface area contributed by atoms with E-state index < -0.39 is 0 Å². The highest BCUT2D eigenvalue weighted by Crippen LogP contribution is 2.30. The van der Waals surface area contributed by atoms with E-state index in [2.05, 4.69) is 42.6 Å². The molecule has 0 atom stereocenters. The highest BCUT2D eigenvalue weighted by molar-refractivity contribution is 5.94. The van der Waals surface area contributed by atoms with Crippen LogP contribution in [0, 0.1) is 5.92 Å². The van der Waals surface area contributed by atoms with Crippen molar-refractivity contribution in [3.05, 3.63) is 90.9 Å². The van der Waals surface area contributed by atoms with Gasteiger partial charge in [0.05, 0.1) is 11.3 Å². The van der Waals surface area contributed by atoms with Crippen molar-refractivity contribution in [1.82, 2.24) is 19.9 Å². The fourth-order valence-electron chi connectivity index (χ4n) is 4.62. The summed E-state index contributed by atoms with van der Waals surface area (Å²) in [5, 5.41) is 6.25. The van der Waals surface area contributed by atoms with E-state index in [1.165, 1.54) is 0 Å². The number of piperazine rings is 1. The number of hydrogen-bond donors (Lipinski definition) is 2. The van der Waals surface area contributed by atoms with Crippen LogP contribution in [0.2, 0.25) is 0 Å². The molecule has 3 heterocycles. The molecular weight excluding hydrogens is 490 g/mol. The molecule has 1 saturated carbocycles. The average Bonchev–Trinajstić information content (AvgIpc) is 3.85. The average molecular weight is 520 g/mol. The standard InChI is InChI=1S/C30H29N7O2/c38-28(22-3-4-22)33-24-7-5-21(6-8-24)27-13-15-32-30(35-27)34-25-9-11-26(12-10-25)36-16-18-37(19-17-36)29(39)23-2-1-14-31-20-23/h1-2,5-15,20,22H,3-4,16-19H2,(H,33,38)(H,32,34,35). The van der Waals surface area contributed by atoms with Gasteiger partial charge in [-0.15, -0.1) is 0 Å². The summed E-state index contributed by atoms with van der Waals surface area (Å²) in [6.45, 7) is 2.88. The molecule has 1 saturated heterocycles. The monoisotopic (exact) mass is 519 g/mol. The predicted molar refractivity (Wildman–Crippen MR) is 151 cm³/mol. The Kier molecular flexibility index (Phi) is 6.86. The van der Waals surface area contributed by atoms with Crippen LogP contribution in [-0.2, 0) is 4.79 Å². The number of benzene rings is 2. The van der Waals surface area contributed by atoms with Crippen molar-refractivity contribution in [3.63, 3.8) is 0 Å². The molecule has 9 nitrogen and oxygen atoms in total. The van der Waals surface area contributed by atoms with E-state index in [1.54, 1.807) is 30.7 Å². The summed E-state index contributed by atoms with van der Waals surface area (Å²) in [5.74, 6) is 0.809. The number of rotatable bonds is 7. The molecule has 2 aliphatic rings. The van der Waals surface area contributed by atoms with Gasteiger partial charge in [0.25, 0.3) is 5.91 Å². The number of nitrogens with one attached hydrogen (secondary N) is 2. The summed E-state index contributed by atoms with van der Waals surface area (Å²) in [7, 11) is 0. The van der Waals surface area contributed by atoms with Crippen LogP contribution in [-0.4, -0.2) is 57.8 Å². The third-order valence-corrected chi connectivity index (χ3v) is 7.02. The zero-order valence-corrected chi connectivity index (χ0v) is 21.5. The van der Waals surface area contributed by atoms with E-state index >= 15 is 0 Å². The van der Waals surface area contributed by atoms with Crippen LogP contribution in [0.5, 0.6) is 0 Å². The minimum Gasteiger partial charge on any atom is -0.368 e. The Morgan fingerprint density at radius 1 is 0.821 bits per heavy atom. The van der Waals surface area contributed by atoms with Crippen LogP contribution in [0.4, 0.5) is 23.0 Å². The molecule has 1 aliphatic carbocycles. The van der Waals surface area contributed by atoms with Crippen molar-refractivity contribution in [3.8, 4) is 11.3 Å². The Hall–Kier alpha value is -4.79. The molecule has 2 N–H and O–H groups in total. The van der Waals surface area contributed by atoms with Crippen LogP contribution in [0.25, 0.3) is 11.3 Å². The fourth-order valence-corrected chi connectivity index (χ4v) is 4.62. The van der Waals surface area contributed by atoms with Crippen molar-refractivity contribution in [2.75, 3.05) is 41.7 Å². The van der Waals surface area contributed by atoms with Crippen molar-refractivity contribution in [2.24, 2.45) is 5.92 Å². The molecule has 9 heteroatoms. The molecule has 0 spiro atoms. The smallest absolute Gasteiger partial charge is 0.255 e. The Balaban J connectivity index is 1.05.